The third kappa shape index (κ3) is 52.6. The molecule has 0 aromatic carbocycles. The normalized spacial score (nSPS) is 14.1. The predicted octanol–water partition coefficient (Wildman–Crippen LogP) is 17.6. The molecule has 0 radical (unpaired) electrons. The number of nitrogens with one attached hydrogen (secondary N) is 1. The number of quaternary nitrogens is 1. The highest BCUT2D eigenvalue weighted by Gasteiger charge is 2.28. The number of allylic oxidation sites excluding steroid dienone is 4. The van der Waals surface area contributed by atoms with Crippen LogP contribution in [0.25, 0.3) is 0 Å². The molecule has 0 aliphatic carbocycles. The quantitative estimate of drug-likeness (QED) is 0.0243. The Labute approximate surface area is 417 Å². The Kier molecular flexibility index (Phi) is 49.2. The van der Waals surface area contributed by atoms with E-state index >= 15 is 0 Å². The van der Waals surface area contributed by atoms with Crippen molar-refractivity contribution in [2.24, 2.45) is 0 Å². The van der Waals surface area contributed by atoms with E-state index in [9.17, 15) is 19.4 Å². The van der Waals surface area contributed by atoms with Crippen LogP contribution in [-0.2, 0) is 18.4 Å². The van der Waals surface area contributed by atoms with Crippen molar-refractivity contribution in [1.82, 2.24) is 5.32 Å². The maximum absolute atomic E-state index is 12.9. The van der Waals surface area contributed by atoms with Gasteiger partial charge in [-0.15, -0.1) is 0 Å². The second-order valence-corrected chi connectivity index (χ2v) is 22.8. The number of carbonyl (C=O) groups is 1. The smallest absolute Gasteiger partial charge is 0.391 e. The summed E-state index contributed by atoms with van der Waals surface area (Å²) in [6, 6.07) is -0.753. The van der Waals surface area contributed by atoms with E-state index in [0.717, 1.165) is 44.9 Å². The van der Waals surface area contributed by atoms with Gasteiger partial charge >= 0.3 is 7.82 Å². The van der Waals surface area contributed by atoms with Crippen LogP contribution in [0.4, 0.5) is 0 Å². The number of likely N-dealkylation sites (N-methyl/N-ethyl adjacent to an activating group) is 1. The number of aliphatic hydroxyl groups is 1. The van der Waals surface area contributed by atoms with E-state index in [0.29, 0.717) is 23.9 Å². The van der Waals surface area contributed by atoms with Crippen molar-refractivity contribution in [3.8, 4) is 0 Å². The molecule has 3 atom stereocenters. The van der Waals surface area contributed by atoms with Gasteiger partial charge in [-0.3, -0.25) is 13.8 Å². The summed E-state index contributed by atoms with van der Waals surface area (Å²) in [4.78, 5) is 23.1. The number of unbranched alkanes of at least 4 members (excludes halogenated alkanes) is 37. The second kappa shape index (κ2) is 49.9. The van der Waals surface area contributed by atoms with Crippen molar-refractivity contribution < 1.29 is 32.9 Å². The monoisotopic (exact) mass is 968 g/mol. The summed E-state index contributed by atoms with van der Waals surface area (Å²) in [5.41, 5.74) is 0. The summed E-state index contributed by atoms with van der Waals surface area (Å²) >= 11 is 0. The molecule has 0 fully saturated rings. The maximum Gasteiger partial charge on any atom is 0.472 e. The van der Waals surface area contributed by atoms with Crippen LogP contribution < -0.4 is 5.32 Å². The highest BCUT2D eigenvalue weighted by Crippen LogP contribution is 2.43. The predicted molar refractivity (Wildman–Crippen MR) is 291 cm³/mol. The molecule has 67 heavy (non-hydrogen) atoms. The fraction of sp³-hybridized carbons (Fsp3) is 0.914. The van der Waals surface area contributed by atoms with E-state index in [-0.39, 0.29) is 19.1 Å². The lowest BCUT2D eigenvalue weighted by molar-refractivity contribution is -0.870. The van der Waals surface area contributed by atoms with Gasteiger partial charge in [-0.1, -0.05) is 263 Å². The van der Waals surface area contributed by atoms with Crippen LogP contribution >= 0.6 is 7.82 Å². The molecule has 9 heteroatoms. The summed E-state index contributed by atoms with van der Waals surface area (Å²) in [6.45, 7) is 4.83. The fourth-order valence-corrected chi connectivity index (χ4v) is 9.58. The third-order valence-corrected chi connectivity index (χ3v) is 14.4. The van der Waals surface area contributed by atoms with E-state index in [1.807, 2.05) is 21.1 Å². The zero-order valence-electron chi connectivity index (χ0n) is 45.4. The summed E-state index contributed by atoms with van der Waals surface area (Å²) in [7, 11) is 1.62. The van der Waals surface area contributed by atoms with Crippen LogP contribution in [0.1, 0.15) is 290 Å². The lowest BCUT2D eigenvalue weighted by atomic mass is 10.0. The minimum absolute atomic E-state index is 0.0765. The highest BCUT2D eigenvalue weighted by molar-refractivity contribution is 7.47. The number of rotatable bonds is 54. The van der Waals surface area contributed by atoms with Gasteiger partial charge in [0.05, 0.1) is 39.9 Å². The van der Waals surface area contributed by atoms with E-state index in [4.69, 9.17) is 9.05 Å². The number of hydrogen-bond acceptors (Lipinski definition) is 5. The summed E-state index contributed by atoms with van der Waals surface area (Å²) in [5.74, 6) is -0.145. The summed E-state index contributed by atoms with van der Waals surface area (Å²) in [5, 5.41) is 13.8. The van der Waals surface area contributed by atoms with Crippen LogP contribution in [0.2, 0.25) is 0 Å². The Balaban J connectivity index is 3.68. The molecule has 0 saturated carbocycles. The molecule has 0 aliphatic rings. The van der Waals surface area contributed by atoms with E-state index in [1.165, 1.54) is 218 Å². The molecule has 3 unspecified atom stereocenters. The molecule has 0 bridgehead atoms. The molecule has 0 aliphatic heterocycles. The minimum Gasteiger partial charge on any atom is -0.391 e. The summed E-state index contributed by atoms with van der Waals surface area (Å²) < 4.78 is 23.5. The third-order valence-electron chi connectivity index (χ3n) is 13.5. The van der Waals surface area contributed by atoms with Gasteiger partial charge in [0.2, 0.25) is 5.91 Å². The minimum atomic E-state index is -4.30. The van der Waals surface area contributed by atoms with Crippen LogP contribution in [0.3, 0.4) is 0 Å². The van der Waals surface area contributed by atoms with Gasteiger partial charge in [-0.05, 0) is 44.9 Å². The average Bonchev–Trinajstić information content (AvgIpc) is 3.29. The zero-order chi connectivity index (χ0) is 49.2. The Bertz CT molecular complexity index is 1140. The van der Waals surface area contributed by atoms with Crippen LogP contribution in [0, 0.1) is 0 Å². The lowest BCUT2D eigenvalue weighted by Gasteiger charge is -2.26. The van der Waals surface area contributed by atoms with Gasteiger partial charge in [0.25, 0.3) is 0 Å². The number of carbonyl (C=O) groups excluding carboxylic acids is 1. The van der Waals surface area contributed by atoms with Crippen molar-refractivity contribution in [1.29, 1.82) is 0 Å². The molecule has 8 nitrogen and oxygen atoms in total. The lowest BCUT2D eigenvalue weighted by Crippen LogP contribution is -2.46. The first-order valence-corrected chi connectivity index (χ1v) is 30.7. The number of hydrogen-bond donors (Lipinski definition) is 3. The standard InChI is InChI=1S/C58H115N2O6P/c1-6-8-10-12-14-15-16-17-18-19-20-21-22-23-24-25-26-27-28-29-30-31-32-33-34-35-36-37-38-39-40-41-42-43-44-45-46-48-50-52-58(62)59-56(57(61)51-49-47-13-11-9-7-2)55-66-67(63,64)65-54-53-60(3,4)5/h16-17,19-20,56-57,61H,6-15,18,21-55H2,1-5H3,(H-,59,62,63,64)/p+1/b17-16-,20-19-. The fourth-order valence-electron chi connectivity index (χ4n) is 8.84. The van der Waals surface area contributed by atoms with Gasteiger partial charge < -0.3 is 19.8 Å². The number of nitrogens with zero attached hydrogens (tertiary/aromatic N) is 1. The van der Waals surface area contributed by atoms with E-state index in [2.05, 4.69) is 43.5 Å². The van der Waals surface area contributed by atoms with Crippen molar-refractivity contribution in [2.45, 2.75) is 302 Å². The first kappa shape index (κ1) is 66.0. The van der Waals surface area contributed by atoms with E-state index < -0.39 is 20.0 Å². The number of amides is 1. The van der Waals surface area contributed by atoms with E-state index in [1.54, 1.807) is 0 Å². The van der Waals surface area contributed by atoms with Crippen LogP contribution in [-0.4, -0.2) is 73.4 Å². The van der Waals surface area contributed by atoms with Gasteiger partial charge in [0.1, 0.15) is 13.2 Å². The molecule has 3 N–H and O–H groups in total. The molecule has 398 valence electrons. The number of phosphoric ester groups is 1. The molecule has 1 amide bonds. The van der Waals surface area contributed by atoms with Gasteiger partial charge in [-0.2, -0.15) is 0 Å². The molecule has 0 saturated heterocycles. The first-order chi connectivity index (χ1) is 32.5. The Morgan fingerprint density at radius 1 is 0.507 bits per heavy atom. The Morgan fingerprint density at radius 2 is 0.851 bits per heavy atom. The maximum atomic E-state index is 12.9. The molecule has 0 aromatic rings. The Morgan fingerprint density at radius 3 is 1.22 bits per heavy atom. The van der Waals surface area contributed by atoms with Gasteiger partial charge in [0.15, 0.2) is 0 Å². The van der Waals surface area contributed by atoms with Crippen molar-refractivity contribution in [2.75, 3.05) is 40.9 Å². The van der Waals surface area contributed by atoms with Gasteiger partial charge in [0, 0.05) is 6.42 Å². The Hall–Kier alpha value is -1.02. The van der Waals surface area contributed by atoms with Crippen molar-refractivity contribution >= 4 is 13.7 Å². The molecule has 0 spiro atoms. The largest absolute Gasteiger partial charge is 0.472 e. The van der Waals surface area contributed by atoms with Crippen molar-refractivity contribution in [3.63, 3.8) is 0 Å². The molecular formula is C58H116N2O6P+. The first-order valence-electron chi connectivity index (χ1n) is 29.2. The highest BCUT2D eigenvalue weighted by atomic mass is 31.2. The molecule has 0 rings (SSSR count). The topological polar surface area (TPSA) is 105 Å². The molecule has 0 aromatic heterocycles. The zero-order valence-corrected chi connectivity index (χ0v) is 46.3. The average molecular weight is 969 g/mol. The second-order valence-electron chi connectivity index (χ2n) is 21.4. The number of phosphoric acid groups is 1. The summed E-state index contributed by atoms with van der Waals surface area (Å²) in [6.07, 6.45) is 63.1. The van der Waals surface area contributed by atoms with Crippen molar-refractivity contribution in [3.05, 3.63) is 24.3 Å². The number of aliphatic hydroxyl groups excluding tert-OH is 1. The van der Waals surface area contributed by atoms with Crippen LogP contribution in [0.5, 0.6) is 0 Å². The molecular weight excluding hydrogens is 852 g/mol. The SMILES string of the molecule is CCCCCCC/C=C\C/C=C\CCCCCCCCCCCCCCCCCCCCCCCCCCCCCC(=O)NC(COP(=O)(O)OCC[N+](C)(C)C)C(O)CCCCCCCC. The van der Waals surface area contributed by atoms with Crippen LogP contribution in [0.15, 0.2) is 24.3 Å². The van der Waals surface area contributed by atoms with Gasteiger partial charge in [-0.25, -0.2) is 4.57 Å². The molecule has 0 heterocycles.